The van der Waals surface area contributed by atoms with Gasteiger partial charge in [0.15, 0.2) is 0 Å². The Hall–Kier alpha value is -2.60. The Labute approximate surface area is 163 Å². The maximum absolute atomic E-state index is 12.4. The molecule has 0 aliphatic rings. The lowest BCUT2D eigenvalue weighted by molar-refractivity contribution is -0.119. The molecule has 0 spiro atoms. The molecule has 1 atom stereocenters. The number of hydrogen-bond acceptors (Lipinski definition) is 5. The number of aryl methyl sites for hydroxylation is 1. The number of benzene rings is 2. The van der Waals surface area contributed by atoms with E-state index in [0.717, 1.165) is 29.5 Å². The van der Waals surface area contributed by atoms with E-state index in [1.165, 1.54) is 11.8 Å². The van der Waals surface area contributed by atoms with Gasteiger partial charge < -0.3 is 9.73 Å². The van der Waals surface area contributed by atoms with Gasteiger partial charge in [-0.1, -0.05) is 73.1 Å². The van der Waals surface area contributed by atoms with Crippen LogP contribution in [0.25, 0.3) is 11.5 Å². The summed E-state index contributed by atoms with van der Waals surface area (Å²) in [5.74, 6) is 0.662. The molecule has 1 N–H and O–H groups in total. The monoisotopic (exact) mass is 381 g/mol. The van der Waals surface area contributed by atoms with Crippen molar-refractivity contribution in [2.75, 3.05) is 5.75 Å². The Balaban J connectivity index is 1.57. The van der Waals surface area contributed by atoms with Gasteiger partial charge in [-0.25, -0.2) is 0 Å². The summed E-state index contributed by atoms with van der Waals surface area (Å²) in [5, 5.41) is 11.6. The van der Waals surface area contributed by atoms with Crippen LogP contribution in [-0.4, -0.2) is 21.9 Å². The standard InChI is InChI=1S/C21H23N3O2S/c1-3-8-18(16-10-5-4-6-11-16)22-19(25)14-27-21-24-23-20(26-21)17-12-7-9-15(2)13-17/h4-7,9-13,18H,3,8,14H2,1-2H3,(H,22,25)/t18-/m0/s1. The van der Waals surface area contributed by atoms with E-state index in [0.29, 0.717) is 11.1 Å². The zero-order chi connectivity index (χ0) is 19.1. The quantitative estimate of drug-likeness (QED) is 0.568. The Morgan fingerprint density at radius 2 is 1.96 bits per heavy atom. The predicted octanol–water partition coefficient (Wildman–Crippen LogP) is 4.79. The third-order valence-corrected chi connectivity index (χ3v) is 4.93. The summed E-state index contributed by atoms with van der Waals surface area (Å²) in [6.45, 7) is 4.13. The fourth-order valence-corrected chi connectivity index (χ4v) is 3.40. The number of amides is 1. The Morgan fingerprint density at radius 3 is 2.70 bits per heavy atom. The molecule has 0 aliphatic carbocycles. The smallest absolute Gasteiger partial charge is 0.277 e. The predicted molar refractivity (Wildman–Crippen MR) is 107 cm³/mol. The van der Waals surface area contributed by atoms with Crippen LogP contribution in [0.1, 0.15) is 36.9 Å². The van der Waals surface area contributed by atoms with E-state index in [-0.39, 0.29) is 17.7 Å². The second-order valence-corrected chi connectivity index (χ2v) is 7.28. The molecule has 2 aromatic carbocycles. The van der Waals surface area contributed by atoms with Gasteiger partial charge in [-0.15, -0.1) is 10.2 Å². The van der Waals surface area contributed by atoms with Gasteiger partial charge in [0.2, 0.25) is 11.8 Å². The van der Waals surface area contributed by atoms with Crippen LogP contribution in [0.4, 0.5) is 0 Å². The number of aromatic nitrogens is 2. The van der Waals surface area contributed by atoms with E-state index in [9.17, 15) is 4.79 Å². The van der Waals surface area contributed by atoms with E-state index < -0.39 is 0 Å². The molecule has 0 bridgehead atoms. The van der Waals surface area contributed by atoms with E-state index in [4.69, 9.17) is 4.42 Å². The van der Waals surface area contributed by atoms with Crippen molar-refractivity contribution in [1.29, 1.82) is 0 Å². The minimum absolute atomic E-state index is 0.0230. The molecule has 5 nitrogen and oxygen atoms in total. The van der Waals surface area contributed by atoms with Gasteiger partial charge in [-0.2, -0.15) is 0 Å². The SMILES string of the molecule is CCC[C@H](NC(=O)CSc1nnc(-c2cccc(C)c2)o1)c1ccccc1. The molecule has 3 rings (SSSR count). The van der Waals surface area contributed by atoms with Crippen molar-refractivity contribution in [2.45, 2.75) is 38.0 Å². The average molecular weight is 382 g/mol. The molecule has 1 amide bonds. The van der Waals surface area contributed by atoms with Gasteiger partial charge in [-0.05, 0) is 31.0 Å². The van der Waals surface area contributed by atoms with Crippen molar-refractivity contribution in [3.63, 3.8) is 0 Å². The van der Waals surface area contributed by atoms with Gasteiger partial charge >= 0.3 is 0 Å². The van der Waals surface area contributed by atoms with Crippen LogP contribution in [0.5, 0.6) is 0 Å². The molecule has 3 aromatic rings. The molecular weight excluding hydrogens is 358 g/mol. The van der Waals surface area contributed by atoms with Crippen molar-refractivity contribution in [3.8, 4) is 11.5 Å². The summed E-state index contributed by atoms with van der Waals surface area (Å²) < 4.78 is 5.67. The number of nitrogens with one attached hydrogen (secondary N) is 1. The van der Waals surface area contributed by atoms with Crippen LogP contribution >= 0.6 is 11.8 Å². The van der Waals surface area contributed by atoms with Gasteiger partial charge in [-0.3, -0.25) is 4.79 Å². The van der Waals surface area contributed by atoms with Gasteiger partial charge in [0.1, 0.15) is 0 Å². The number of thioether (sulfide) groups is 1. The van der Waals surface area contributed by atoms with Crippen molar-refractivity contribution in [3.05, 3.63) is 65.7 Å². The molecule has 0 radical (unpaired) electrons. The van der Waals surface area contributed by atoms with E-state index in [1.54, 1.807) is 0 Å². The molecule has 0 fully saturated rings. The molecule has 27 heavy (non-hydrogen) atoms. The summed E-state index contributed by atoms with van der Waals surface area (Å²) in [6, 6.07) is 17.9. The number of rotatable bonds is 8. The lowest BCUT2D eigenvalue weighted by Gasteiger charge is -2.18. The first-order chi connectivity index (χ1) is 13.2. The Bertz CT molecular complexity index is 880. The number of hydrogen-bond donors (Lipinski definition) is 1. The topological polar surface area (TPSA) is 68.0 Å². The van der Waals surface area contributed by atoms with Crippen molar-refractivity contribution >= 4 is 17.7 Å². The molecule has 0 unspecified atom stereocenters. The fraction of sp³-hybridized carbons (Fsp3) is 0.286. The minimum Gasteiger partial charge on any atom is -0.411 e. The van der Waals surface area contributed by atoms with Crippen LogP contribution in [0.15, 0.2) is 64.2 Å². The molecule has 6 heteroatoms. The van der Waals surface area contributed by atoms with Crippen LogP contribution in [0.2, 0.25) is 0 Å². The summed E-state index contributed by atoms with van der Waals surface area (Å²) in [5.41, 5.74) is 3.13. The molecule has 0 saturated carbocycles. The van der Waals surface area contributed by atoms with E-state index >= 15 is 0 Å². The second-order valence-electron chi connectivity index (χ2n) is 6.35. The van der Waals surface area contributed by atoms with Gasteiger partial charge in [0, 0.05) is 5.56 Å². The van der Waals surface area contributed by atoms with Crippen LogP contribution in [-0.2, 0) is 4.79 Å². The third kappa shape index (κ3) is 5.44. The number of nitrogens with zero attached hydrogens (tertiary/aromatic N) is 2. The molecule has 140 valence electrons. The van der Waals surface area contributed by atoms with Gasteiger partial charge in [0.25, 0.3) is 5.22 Å². The highest BCUT2D eigenvalue weighted by Gasteiger charge is 2.15. The summed E-state index contributed by atoms with van der Waals surface area (Å²) >= 11 is 1.25. The molecule has 1 aromatic heterocycles. The Kier molecular flexibility index (Phi) is 6.65. The highest BCUT2D eigenvalue weighted by Crippen LogP contribution is 2.24. The van der Waals surface area contributed by atoms with Crippen molar-refractivity contribution < 1.29 is 9.21 Å². The first-order valence-corrected chi connectivity index (χ1v) is 10.0. The lowest BCUT2D eigenvalue weighted by atomic mass is 10.0. The highest BCUT2D eigenvalue weighted by molar-refractivity contribution is 7.99. The fourth-order valence-electron chi connectivity index (χ4n) is 2.82. The van der Waals surface area contributed by atoms with Crippen molar-refractivity contribution in [1.82, 2.24) is 15.5 Å². The van der Waals surface area contributed by atoms with Gasteiger partial charge in [0.05, 0.1) is 11.8 Å². The van der Waals surface area contributed by atoms with Crippen LogP contribution in [0.3, 0.4) is 0 Å². The first kappa shape index (κ1) is 19.2. The summed E-state index contributed by atoms with van der Waals surface area (Å²) in [7, 11) is 0. The lowest BCUT2D eigenvalue weighted by Crippen LogP contribution is -2.29. The largest absolute Gasteiger partial charge is 0.411 e. The Morgan fingerprint density at radius 1 is 1.15 bits per heavy atom. The van der Waals surface area contributed by atoms with E-state index in [2.05, 4.69) is 22.4 Å². The minimum atomic E-state index is -0.0439. The zero-order valence-electron chi connectivity index (χ0n) is 15.5. The highest BCUT2D eigenvalue weighted by atomic mass is 32.2. The van der Waals surface area contributed by atoms with Crippen molar-refractivity contribution in [2.24, 2.45) is 0 Å². The molecule has 0 aliphatic heterocycles. The normalized spacial score (nSPS) is 11.9. The zero-order valence-corrected chi connectivity index (χ0v) is 16.3. The van der Waals surface area contributed by atoms with Crippen LogP contribution < -0.4 is 5.32 Å². The van der Waals surface area contributed by atoms with Crippen LogP contribution in [0, 0.1) is 6.92 Å². The summed E-state index contributed by atoms with van der Waals surface area (Å²) in [4.78, 5) is 12.4. The first-order valence-electron chi connectivity index (χ1n) is 9.03. The number of carbonyl (C=O) groups excluding carboxylic acids is 1. The maximum atomic E-state index is 12.4. The molecule has 1 heterocycles. The summed E-state index contributed by atoms with van der Waals surface area (Å²) in [6.07, 6.45) is 1.90. The molecule has 0 saturated heterocycles. The second kappa shape index (κ2) is 9.37. The van der Waals surface area contributed by atoms with E-state index in [1.807, 2.05) is 61.5 Å². The molecular formula is C21H23N3O2S. The third-order valence-electron chi connectivity index (χ3n) is 4.11. The number of carbonyl (C=O) groups is 1. The average Bonchev–Trinajstić information content (AvgIpc) is 3.16. The maximum Gasteiger partial charge on any atom is 0.277 e.